The van der Waals surface area contributed by atoms with E-state index in [0.29, 0.717) is 6.54 Å². The Hall–Kier alpha value is -2.18. The summed E-state index contributed by atoms with van der Waals surface area (Å²) in [4.78, 5) is 20.5. The van der Waals surface area contributed by atoms with Gasteiger partial charge >= 0.3 is 0 Å². The number of hydrogen-bond donors (Lipinski definition) is 1. The van der Waals surface area contributed by atoms with Gasteiger partial charge in [0.25, 0.3) is 0 Å². The van der Waals surface area contributed by atoms with E-state index in [4.69, 9.17) is 10.2 Å². The van der Waals surface area contributed by atoms with Crippen molar-refractivity contribution in [3.8, 4) is 11.3 Å². The molecule has 0 saturated carbocycles. The second-order valence-electron chi connectivity index (χ2n) is 6.13. The van der Waals surface area contributed by atoms with Gasteiger partial charge in [-0.15, -0.1) is 0 Å². The number of amides is 1. The molecule has 1 amide bonds. The molecule has 2 heterocycles. The SMILES string of the molecule is CCC(C(N)=O)N1CCN(Cc2nc(-c3ccccc3)co2)CC1. The van der Waals surface area contributed by atoms with Crippen LogP contribution in [0.2, 0.25) is 0 Å². The zero-order valence-electron chi connectivity index (χ0n) is 14.0. The van der Waals surface area contributed by atoms with E-state index in [1.165, 1.54) is 0 Å². The quantitative estimate of drug-likeness (QED) is 0.874. The first-order valence-corrected chi connectivity index (χ1v) is 8.43. The molecule has 1 aliphatic rings. The molecule has 2 N–H and O–H groups in total. The second kappa shape index (κ2) is 7.59. The minimum atomic E-state index is -0.230. The predicted molar refractivity (Wildman–Crippen MR) is 92.1 cm³/mol. The van der Waals surface area contributed by atoms with Gasteiger partial charge in [0.05, 0.1) is 12.6 Å². The number of carbonyl (C=O) groups excluding carboxylic acids is 1. The lowest BCUT2D eigenvalue weighted by Gasteiger charge is -2.37. The molecule has 1 unspecified atom stereocenters. The monoisotopic (exact) mass is 328 g/mol. The Morgan fingerprint density at radius 3 is 2.58 bits per heavy atom. The van der Waals surface area contributed by atoms with Crippen LogP contribution >= 0.6 is 0 Å². The van der Waals surface area contributed by atoms with Gasteiger partial charge in [-0.1, -0.05) is 37.3 Å². The number of primary amides is 1. The van der Waals surface area contributed by atoms with Gasteiger partial charge in [-0.2, -0.15) is 0 Å². The highest BCUT2D eigenvalue weighted by Crippen LogP contribution is 2.19. The minimum absolute atomic E-state index is 0.154. The van der Waals surface area contributed by atoms with Crippen molar-refractivity contribution in [3.05, 3.63) is 42.5 Å². The molecule has 1 atom stereocenters. The number of aromatic nitrogens is 1. The van der Waals surface area contributed by atoms with Gasteiger partial charge in [-0.05, 0) is 6.42 Å². The second-order valence-corrected chi connectivity index (χ2v) is 6.13. The van der Waals surface area contributed by atoms with E-state index >= 15 is 0 Å². The van der Waals surface area contributed by atoms with E-state index in [2.05, 4.69) is 14.8 Å². The van der Waals surface area contributed by atoms with E-state index in [1.54, 1.807) is 6.26 Å². The molecule has 1 saturated heterocycles. The molecule has 0 aliphatic carbocycles. The molecular weight excluding hydrogens is 304 g/mol. The summed E-state index contributed by atoms with van der Waals surface area (Å²) in [6.45, 7) is 6.13. The van der Waals surface area contributed by atoms with Crippen LogP contribution in [-0.4, -0.2) is 52.9 Å². The molecule has 1 fully saturated rings. The lowest BCUT2D eigenvalue weighted by atomic mass is 10.1. The molecule has 0 bridgehead atoms. The summed E-state index contributed by atoms with van der Waals surface area (Å²) < 4.78 is 5.61. The lowest BCUT2D eigenvalue weighted by Crippen LogP contribution is -2.53. The van der Waals surface area contributed by atoms with Gasteiger partial charge in [0.1, 0.15) is 12.0 Å². The van der Waals surface area contributed by atoms with Gasteiger partial charge in [-0.25, -0.2) is 4.98 Å². The topological polar surface area (TPSA) is 75.6 Å². The number of hydrogen-bond acceptors (Lipinski definition) is 5. The number of oxazole rings is 1. The van der Waals surface area contributed by atoms with Crippen LogP contribution in [-0.2, 0) is 11.3 Å². The third-order valence-corrected chi connectivity index (χ3v) is 4.54. The van der Waals surface area contributed by atoms with Crippen molar-refractivity contribution in [2.45, 2.75) is 25.9 Å². The fraction of sp³-hybridized carbons (Fsp3) is 0.444. The fourth-order valence-electron chi connectivity index (χ4n) is 3.19. The summed E-state index contributed by atoms with van der Waals surface area (Å²) in [5.41, 5.74) is 7.40. The van der Waals surface area contributed by atoms with E-state index in [9.17, 15) is 4.79 Å². The average molecular weight is 328 g/mol. The van der Waals surface area contributed by atoms with Crippen molar-refractivity contribution in [3.63, 3.8) is 0 Å². The summed E-state index contributed by atoms with van der Waals surface area (Å²) in [6, 6.07) is 9.86. The smallest absolute Gasteiger partial charge is 0.234 e. The van der Waals surface area contributed by atoms with E-state index < -0.39 is 0 Å². The normalized spacial score (nSPS) is 17.7. The van der Waals surface area contributed by atoms with Crippen molar-refractivity contribution >= 4 is 5.91 Å². The van der Waals surface area contributed by atoms with Crippen LogP contribution in [0.4, 0.5) is 0 Å². The highest BCUT2D eigenvalue weighted by Gasteiger charge is 2.26. The molecule has 0 radical (unpaired) electrons. The van der Waals surface area contributed by atoms with E-state index in [1.807, 2.05) is 37.3 Å². The number of rotatable bonds is 6. The van der Waals surface area contributed by atoms with E-state index in [0.717, 1.165) is 49.7 Å². The van der Waals surface area contributed by atoms with Crippen LogP contribution in [0.1, 0.15) is 19.2 Å². The third kappa shape index (κ3) is 3.83. The molecule has 1 aromatic heterocycles. The number of piperazine rings is 1. The van der Waals surface area contributed by atoms with Crippen LogP contribution < -0.4 is 5.73 Å². The summed E-state index contributed by atoms with van der Waals surface area (Å²) in [5.74, 6) is 0.496. The molecule has 6 nitrogen and oxygen atoms in total. The molecule has 1 aromatic carbocycles. The Morgan fingerprint density at radius 1 is 1.25 bits per heavy atom. The summed E-state index contributed by atoms with van der Waals surface area (Å²) >= 11 is 0. The maximum Gasteiger partial charge on any atom is 0.234 e. The zero-order valence-corrected chi connectivity index (χ0v) is 14.0. The number of carbonyl (C=O) groups is 1. The van der Waals surface area contributed by atoms with E-state index in [-0.39, 0.29) is 11.9 Å². The largest absolute Gasteiger partial charge is 0.447 e. The molecule has 3 rings (SSSR count). The lowest BCUT2D eigenvalue weighted by molar-refractivity contribution is -0.124. The van der Waals surface area contributed by atoms with Crippen molar-refractivity contribution in [2.75, 3.05) is 26.2 Å². The van der Waals surface area contributed by atoms with Crippen LogP contribution in [0.5, 0.6) is 0 Å². The first-order valence-electron chi connectivity index (χ1n) is 8.43. The molecule has 128 valence electrons. The standard InChI is InChI=1S/C18H24N4O2/c1-2-16(18(19)23)22-10-8-21(9-11-22)12-17-20-15(13-24-17)14-6-4-3-5-7-14/h3-7,13,16H,2,8-12H2,1H3,(H2,19,23). The zero-order chi connectivity index (χ0) is 16.9. The van der Waals surface area contributed by atoms with Crippen molar-refractivity contribution < 1.29 is 9.21 Å². The maximum absolute atomic E-state index is 11.5. The first kappa shape index (κ1) is 16.7. The Labute approximate surface area is 142 Å². The summed E-state index contributed by atoms with van der Waals surface area (Å²) in [7, 11) is 0. The predicted octanol–water partition coefficient (Wildman–Crippen LogP) is 1.72. The summed E-state index contributed by atoms with van der Waals surface area (Å²) in [5, 5.41) is 0. The number of nitrogens with zero attached hydrogens (tertiary/aromatic N) is 3. The van der Waals surface area contributed by atoms with Gasteiger partial charge < -0.3 is 10.2 Å². The highest BCUT2D eigenvalue weighted by atomic mass is 16.3. The van der Waals surface area contributed by atoms with Crippen molar-refractivity contribution in [1.82, 2.24) is 14.8 Å². The first-order chi connectivity index (χ1) is 11.7. The van der Waals surface area contributed by atoms with Gasteiger partial charge in [0, 0.05) is 31.7 Å². The van der Waals surface area contributed by atoms with Gasteiger partial charge in [0.2, 0.25) is 11.8 Å². The van der Waals surface area contributed by atoms with Crippen LogP contribution in [0.3, 0.4) is 0 Å². The minimum Gasteiger partial charge on any atom is -0.447 e. The average Bonchev–Trinajstić information content (AvgIpc) is 3.06. The van der Waals surface area contributed by atoms with Crippen LogP contribution in [0.15, 0.2) is 41.0 Å². The molecular formula is C18H24N4O2. The molecule has 2 aromatic rings. The molecule has 0 spiro atoms. The van der Waals surface area contributed by atoms with Crippen molar-refractivity contribution in [1.29, 1.82) is 0 Å². The molecule has 6 heteroatoms. The fourth-order valence-corrected chi connectivity index (χ4v) is 3.19. The Balaban J connectivity index is 1.55. The maximum atomic E-state index is 11.5. The van der Waals surface area contributed by atoms with Crippen molar-refractivity contribution in [2.24, 2.45) is 5.73 Å². The highest BCUT2D eigenvalue weighted by molar-refractivity contribution is 5.79. The summed E-state index contributed by atoms with van der Waals surface area (Å²) in [6.07, 6.45) is 2.47. The number of benzene rings is 1. The van der Waals surface area contributed by atoms with Gasteiger partial charge in [-0.3, -0.25) is 14.6 Å². The molecule has 1 aliphatic heterocycles. The number of nitrogens with two attached hydrogens (primary N) is 1. The third-order valence-electron chi connectivity index (χ3n) is 4.54. The Kier molecular flexibility index (Phi) is 5.27. The van der Waals surface area contributed by atoms with Crippen LogP contribution in [0.25, 0.3) is 11.3 Å². The van der Waals surface area contributed by atoms with Crippen LogP contribution in [0, 0.1) is 0 Å². The van der Waals surface area contributed by atoms with Gasteiger partial charge in [0.15, 0.2) is 0 Å². The Bertz CT molecular complexity index is 663. The Morgan fingerprint density at radius 2 is 1.96 bits per heavy atom. The molecule has 24 heavy (non-hydrogen) atoms.